The lowest BCUT2D eigenvalue weighted by atomic mass is 10.2. The molecule has 0 unspecified atom stereocenters. The van der Waals surface area contributed by atoms with Crippen LogP contribution in [0.15, 0.2) is 16.6 Å². The molecule has 0 atom stereocenters. The van der Waals surface area contributed by atoms with E-state index in [0.717, 1.165) is 10.0 Å². The van der Waals surface area contributed by atoms with Crippen LogP contribution in [0.5, 0.6) is 11.5 Å². The smallest absolute Gasteiger partial charge is 0.176 e. The summed E-state index contributed by atoms with van der Waals surface area (Å²) in [5.41, 5.74) is 0.994. The zero-order valence-corrected chi connectivity index (χ0v) is 11.4. The van der Waals surface area contributed by atoms with E-state index < -0.39 is 0 Å². The molecule has 15 heavy (non-hydrogen) atoms. The predicted molar refractivity (Wildman–Crippen MR) is 66.0 cm³/mol. The Kier molecular flexibility index (Phi) is 4.74. The Hall–Kier alpha value is -0.410. The molecular weight excluding hydrogens is 279 g/mol. The number of ether oxygens (including phenoxy) is 2. The topological polar surface area (TPSA) is 18.5 Å². The normalized spacial score (nSPS) is 10.5. The van der Waals surface area contributed by atoms with Crippen molar-refractivity contribution in [1.82, 2.24) is 0 Å². The molecule has 2 nitrogen and oxygen atoms in total. The fourth-order valence-electron chi connectivity index (χ4n) is 1.19. The lowest BCUT2D eigenvalue weighted by Gasteiger charge is -2.16. The highest BCUT2D eigenvalue weighted by Crippen LogP contribution is 2.38. The van der Waals surface area contributed by atoms with Gasteiger partial charge >= 0.3 is 0 Å². The van der Waals surface area contributed by atoms with E-state index >= 15 is 0 Å². The van der Waals surface area contributed by atoms with Crippen LogP contribution >= 0.6 is 27.5 Å². The first-order chi connectivity index (χ1) is 7.10. The first-order valence-electron chi connectivity index (χ1n) is 4.68. The summed E-state index contributed by atoms with van der Waals surface area (Å²) in [6.45, 7) is 3.94. The molecule has 0 amide bonds. The van der Waals surface area contributed by atoms with Crippen LogP contribution in [0.2, 0.25) is 0 Å². The average Bonchev–Trinajstić information content (AvgIpc) is 2.20. The number of hydrogen-bond donors (Lipinski definition) is 0. The summed E-state index contributed by atoms with van der Waals surface area (Å²) in [4.78, 5) is 0. The number of methoxy groups -OCH3 is 1. The first kappa shape index (κ1) is 12.7. The van der Waals surface area contributed by atoms with Gasteiger partial charge in [0.15, 0.2) is 11.5 Å². The van der Waals surface area contributed by atoms with E-state index in [2.05, 4.69) is 15.9 Å². The van der Waals surface area contributed by atoms with E-state index in [1.54, 1.807) is 7.11 Å². The molecule has 0 spiro atoms. The fraction of sp³-hybridized carbons (Fsp3) is 0.455. The maximum atomic E-state index is 5.81. The number of benzene rings is 1. The average molecular weight is 294 g/mol. The quantitative estimate of drug-likeness (QED) is 0.782. The molecule has 1 aromatic carbocycles. The van der Waals surface area contributed by atoms with Crippen LogP contribution in [0.3, 0.4) is 0 Å². The second kappa shape index (κ2) is 5.61. The van der Waals surface area contributed by atoms with Gasteiger partial charge in [-0.25, -0.2) is 0 Å². The molecule has 0 fully saturated rings. The molecule has 0 bridgehead atoms. The van der Waals surface area contributed by atoms with Gasteiger partial charge in [0.25, 0.3) is 0 Å². The van der Waals surface area contributed by atoms with Gasteiger partial charge in [-0.3, -0.25) is 0 Å². The molecule has 84 valence electrons. The van der Waals surface area contributed by atoms with Crippen LogP contribution < -0.4 is 9.47 Å². The van der Waals surface area contributed by atoms with Gasteiger partial charge in [-0.05, 0) is 41.4 Å². The van der Waals surface area contributed by atoms with Crippen molar-refractivity contribution >= 4 is 27.5 Å². The van der Waals surface area contributed by atoms with Crippen molar-refractivity contribution in [2.45, 2.75) is 25.8 Å². The van der Waals surface area contributed by atoms with Crippen molar-refractivity contribution in [3.05, 3.63) is 22.2 Å². The van der Waals surface area contributed by atoms with Gasteiger partial charge in [0.1, 0.15) is 0 Å². The summed E-state index contributed by atoms with van der Waals surface area (Å²) in [6, 6.07) is 3.78. The molecule has 1 aromatic rings. The summed E-state index contributed by atoms with van der Waals surface area (Å²) >= 11 is 9.28. The van der Waals surface area contributed by atoms with Gasteiger partial charge in [0.05, 0.1) is 17.7 Å². The van der Waals surface area contributed by atoms with Gasteiger partial charge in [-0.1, -0.05) is 6.07 Å². The summed E-state index contributed by atoms with van der Waals surface area (Å²) in [5.74, 6) is 1.87. The molecular formula is C11H14BrClO2. The third-order valence-corrected chi connectivity index (χ3v) is 3.02. The lowest BCUT2D eigenvalue weighted by Crippen LogP contribution is -2.07. The molecule has 1 rings (SSSR count). The highest BCUT2D eigenvalue weighted by atomic mass is 79.9. The Labute approximate surface area is 104 Å². The number of rotatable bonds is 4. The maximum Gasteiger partial charge on any atom is 0.176 e. The fourth-order valence-corrected chi connectivity index (χ4v) is 2.13. The minimum atomic E-state index is 0.0979. The van der Waals surface area contributed by atoms with Gasteiger partial charge in [0, 0.05) is 5.88 Å². The largest absolute Gasteiger partial charge is 0.493 e. The van der Waals surface area contributed by atoms with Crippen LogP contribution in [0, 0.1) is 0 Å². The summed E-state index contributed by atoms with van der Waals surface area (Å²) in [7, 11) is 1.62. The second-order valence-electron chi connectivity index (χ2n) is 3.37. The van der Waals surface area contributed by atoms with Crippen molar-refractivity contribution < 1.29 is 9.47 Å². The van der Waals surface area contributed by atoms with E-state index in [0.29, 0.717) is 17.4 Å². The van der Waals surface area contributed by atoms with Gasteiger partial charge in [0.2, 0.25) is 0 Å². The molecule has 0 N–H and O–H groups in total. The van der Waals surface area contributed by atoms with Crippen molar-refractivity contribution in [1.29, 1.82) is 0 Å². The van der Waals surface area contributed by atoms with Crippen molar-refractivity contribution in [2.24, 2.45) is 0 Å². The maximum absolute atomic E-state index is 5.81. The van der Waals surface area contributed by atoms with Gasteiger partial charge in [-0.2, -0.15) is 0 Å². The Morgan fingerprint density at radius 1 is 1.40 bits per heavy atom. The molecule has 0 aliphatic rings. The van der Waals surface area contributed by atoms with E-state index in [1.807, 2.05) is 26.0 Å². The standard InChI is InChI=1S/C11H14BrClO2/c1-7(2)15-11-9(14-3)5-4-8(6-13)10(11)12/h4-5,7H,6H2,1-3H3. The third kappa shape index (κ3) is 3.02. The minimum Gasteiger partial charge on any atom is -0.493 e. The lowest BCUT2D eigenvalue weighted by molar-refractivity contribution is 0.228. The summed E-state index contributed by atoms with van der Waals surface area (Å²) in [5, 5.41) is 0. The zero-order chi connectivity index (χ0) is 11.4. The molecule has 0 aliphatic heterocycles. The van der Waals surface area contributed by atoms with Crippen molar-refractivity contribution in [2.75, 3.05) is 7.11 Å². The van der Waals surface area contributed by atoms with E-state index in [-0.39, 0.29) is 6.10 Å². The summed E-state index contributed by atoms with van der Waals surface area (Å²) in [6.07, 6.45) is 0.0979. The van der Waals surface area contributed by atoms with Crippen LogP contribution in [-0.2, 0) is 5.88 Å². The molecule has 0 saturated heterocycles. The number of alkyl halides is 1. The monoisotopic (exact) mass is 292 g/mol. The molecule has 4 heteroatoms. The molecule has 0 heterocycles. The molecule has 0 saturated carbocycles. The predicted octanol–water partition coefficient (Wildman–Crippen LogP) is 3.98. The molecule has 0 aromatic heterocycles. The van der Waals surface area contributed by atoms with Crippen LogP contribution in [0.4, 0.5) is 0 Å². The van der Waals surface area contributed by atoms with Crippen LogP contribution in [-0.4, -0.2) is 13.2 Å². The third-order valence-electron chi connectivity index (χ3n) is 1.86. The van der Waals surface area contributed by atoms with Gasteiger partial charge in [-0.15, -0.1) is 11.6 Å². The molecule has 0 radical (unpaired) electrons. The Balaban J connectivity index is 3.16. The SMILES string of the molecule is COc1ccc(CCl)c(Br)c1OC(C)C. The van der Waals surface area contributed by atoms with Crippen LogP contribution in [0.1, 0.15) is 19.4 Å². The summed E-state index contributed by atoms with van der Waals surface area (Å²) < 4.78 is 11.8. The van der Waals surface area contributed by atoms with Gasteiger partial charge < -0.3 is 9.47 Å². The van der Waals surface area contributed by atoms with E-state index in [9.17, 15) is 0 Å². The minimum absolute atomic E-state index is 0.0979. The van der Waals surface area contributed by atoms with E-state index in [4.69, 9.17) is 21.1 Å². The Morgan fingerprint density at radius 2 is 2.07 bits per heavy atom. The van der Waals surface area contributed by atoms with Crippen molar-refractivity contribution in [3.63, 3.8) is 0 Å². The molecule has 0 aliphatic carbocycles. The Bertz CT molecular complexity index is 340. The highest BCUT2D eigenvalue weighted by molar-refractivity contribution is 9.10. The van der Waals surface area contributed by atoms with Crippen molar-refractivity contribution in [3.8, 4) is 11.5 Å². The first-order valence-corrected chi connectivity index (χ1v) is 6.00. The number of halogens is 2. The Morgan fingerprint density at radius 3 is 2.53 bits per heavy atom. The zero-order valence-electron chi connectivity index (χ0n) is 9.01. The number of hydrogen-bond acceptors (Lipinski definition) is 2. The highest BCUT2D eigenvalue weighted by Gasteiger charge is 2.14. The van der Waals surface area contributed by atoms with E-state index in [1.165, 1.54) is 0 Å². The second-order valence-corrected chi connectivity index (χ2v) is 4.43. The van der Waals surface area contributed by atoms with Crippen LogP contribution in [0.25, 0.3) is 0 Å².